The molecule has 5 nitrogen and oxygen atoms in total. The van der Waals surface area contributed by atoms with E-state index in [4.69, 9.17) is 0 Å². The maximum absolute atomic E-state index is 13.5. The van der Waals surface area contributed by atoms with Crippen molar-refractivity contribution in [2.24, 2.45) is 0 Å². The first-order chi connectivity index (χ1) is 16.0. The Labute approximate surface area is 193 Å². The average Bonchev–Trinajstić information content (AvgIpc) is 3.12. The first-order valence-corrected chi connectivity index (χ1v) is 10.9. The van der Waals surface area contributed by atoms with Gasteiger partial charge in [-0.05, 0) is 60.5 Å². The minimum atomic E-state index is -0.659. The molecule has 33 heavy (non-hydrogen) atoms. The number of hydrogen-bond acceptors (Lipinski definition) is 4. The molecule has 1 saturated heterocycles. The quantitative estimate of drug-likeness (QED) is 0.427. The van der Waals surface area contributed by atoms with Crippen LogP contribution in [0.2, 0.25) is 0 Å². The zero-order valence-electron chi connectivity index (χ0n) is 17.2. The van der Waals surface area contributed by atoms with Crippen molar-refractivity contribution < 1.29 is 18.4 Å². The van der Waals surface area contributed by atoms with E-state index in [1.807, 2.05) is 6.07 Å². The Kier molecular flexibility index (Phi) is 6.52. The van der Waals surface area contributed by atoms with Gasteiger partial charge in [0.15, 0.2) is 0 Å². The number of nitrogens with zero attached hydrogens (tertiary/aromatic N) is 2. The SMILES string of the molecule is N#C/C(C(=O)Nc1ccccc1)=C1/S[C@@H](Cc2ccc(F)cc2)C(=O)N1c1ccc(F)cc1. The molecule has 4 rings (SSSR count). The van der Waals surface area contributed by atoms with Crippen LogP contribution >= 0.6 is 11.8 Å². The number of amides is 2. The molecule has 0 radical (unpaired) electrons. The van der Waals surface area contributed by atoms with Gasteiger partial charge in [0.2, 0.25) is 5.91 Å². The summed E-state index contributed by atoms with van der Waals surface area (Å²) in [6, 6.07) is 21.6. The van der Waals surface area contributed by atoms with Gasteiger partial charge >= 0.3 is 0 Å². The number of benzene rings is 3. The summed E-state index contributed by atoms with van der Waals surface area (Å²) in [5.74, 6) is -1.88. The molecule has 164 valence electrons. The number of nitriles is 1. The van der Waals surface area contributed by atoms with Gasteiger partial charge in [0.05, 0.1) is 5.25 Å². The van der Waals surface area contributed by atoms with Crippen molar-refractivity contribution in [3.63, 3.8) is 0 Å². The third-order valence-electron chi connectivity index (χ3n) is 4.96. The summed E-state index contributed by atoms with van der Waals surface area (Å²) >= 11 is 1.08. The zero-order chi connectivity index (χ0) is 23.4. The number of para-hydroxylation sites is 1. The molecule has 0 bridgehead atoms. The van der Waals surface area contributed by atoms with Crippen LogP contribution < -0.4 is 10.2 Å². The number of carbonyl (C=O) groups is 2. The van der Waals surface area contributed by atoms with Gasteiger partial charge in [-0.2, -0.15) is 5.26 Å². The molecule has 2 amide bonds. The van der Waals surface area contributed by atoms with Crippen LogP contribution in [0.4, 0.5) is 20.2 Å². The first-order valence-electron chi connectivity index (χ1n) is 9.97. The summed E-state index contributed by atoms with van der Waals surface area (Å²) in [5, 5.41) is 12.0. The second-order valence-corrected chi connectivity index (χ2v) is 8.39. The lowest BCUT2D eigenvalue weighted by Gasteiger charge is -2.18. The molecule has 1 atom stereocenters. The monoisotopic (exact) mass is 461 g/mol. The molecule has 0 spiro atoms. The van der Waals surface area contributed by atoms with Gasteiger partial charge in [0, 0.05) is 11.4 Å². The molecule has 8 heteroatoms. The fraction of sp³-hybridized carbons (Fsp3) is 0.0800. The predicted molar refractivity (Wildman–Crippen MR) is 123 cm³/mol. The lowest BCUT2D eigenvalue weighted by atomic mass is 10.1. The van der Waals surface area contributed by atoms with Crippen molar-refractivity contribution in [3.05, 3.63) is 107 Å². The van der Waals surface area contributed by atoms with Crippen LogP contribution in [0.1, 0.15) is 5.56 Å². The summed E-state index contributed by atoms with van der Waals surface area (Å²) in [7, 11) is 0. The van der Waals surface area contributed by atoms with Crippen LogP contribution in [0.5, 0.6) is 0 Å². The van der Waals surface area contributed by atoms with Crippen LogP contribution in [-0.4, -0.2) is 17.1 Å². The largest absolute Gasteiger partial charge is 0.321 e. The Morgan fingerprint density at radius 1 is 0.970 bits per heavy atom. The van der Waals surface area contributed by atoms with E-state index in [1.165, 1.54) is 41.3 Å². The van der Waals surface area contributed by atoms with Crippen LogP contribution in [0.15, 0.2) is 89.5 Å². The van der Waals surface area contributed by atoms with Gasteiger partial charge in [-0.25, -0.2) is 8.78 Å². The maximum atomic E-state index is 13.5. The lowest BCUT2D eigenvalue weighted by molar-refractivity contribution is -0.117. The smallest absolute Gasteiger partial charge is 0.269 e. The summed E-state index contributed by atoms with van der Waals surface area (Å²) in [5.41, 5.74) is 1.34. The molecule has 1 fully saturated rings. The highest BCUT2D eigenvalue weighted by atomic mass is 32.2. The van der Waals surface area contributed by atoms with Crippen LogP contribution in [0.25, 0.3) is 0 Å². The van der Waals surface area contributed by atoms with Crippen molar-refractivity contribution in [3.8, 4) is 6.07 Å². The molecule has 1 aliphatic heterocycles. The van der Waals surface area contributed by atoms with Crippen LogP contribution in [0.3, 0.4) is 0 Å². The molecular weight excluding hydrogens is 444 g/mol. The van der Waals surface area contributed by atoms with E-state index in [2.05, 4.69) is 5.32 Å². The highest BCUT2D eigenvalue weighted by molar-refractivity contribution is 8.05. The van der Waals surface area contributed by atoms with Crippen molar-refractivity contribution in [1.82, 2.24) is 0 Å². The van der Waals surface area contributed by atoms with Crippen molar-refractivity contribution in [1.29, 1.82) is 5.26 Å². The van der Waals surface area contributed by atoms with E-state index >= 15 is 0 Å². The molecule has 0 aliphatic carbocycles. The molecule has 1 aliphatic rings. The molecule has 0 saturated carbocycles. The fourth-order valence-corrected chi connectivity index (χ4v) is 4.67. The standard InChI is InChI=1S/C25H17F2N3O2S/c26-17-8-6-16(7-9-17)14-22-24(32)30(20-12-10-18(27)11-13-20)25(33-22)21(15-28)23(31)29-19-4-2-1-3-5-19/h1-13,22H,14H2,(H,29,31)/b25-21-/t22-/m0/s1. The average molecular weight is 461 g/mol. The minimum Gasteiger partial charge on any atom is -0.321 e. The molecular formula is C25H17F2N3O2S. The Hall–Kier alpha value is -3.96. The summed E-state index contributed by atoms with van der Waals surface area (Å²) in [6.45, 7) is 0. The van der Waals surface area contributed by atoms with E-state index in [1.54, 1.807) is 42.5 Å². The zero-order valence-corrected chi connectivity index (χ0v) is 18.0. The Balaban J connectivity index is 1.72. The topological polar surface area (TPSA) is 73.2 Å². The van der Waals surface area contributed by atoms with E-state index in [-0.39, 0.29) is 28.7 Å². The fourth-order valence-electron chi connectivity index (χ4n) is 3.36. The van der Waals surface area contributed by atoms with Gasteiger partial charge in [-0.1, -0.05) is 42.1 Å². The summed E-state index contributed by atoms with van der Waals surface area (Å²) < 4.78 is 26.8. The highest BCUT2D eigenvalue weighted by Gasteiger charge is 2.40. The van der Waals surface area contributed by atoms with Crippen molar-refractivity contribution in [2.45, 2.75) is 11.7 Å². The van der Waals surface area contributed by atoms with E-state index in [9.17, 15) is 23.6 Å². The second-order valence-electron chi connectivity index (χ2n) is 7.20. The molecule has 3 aromatic carbocycles. The second kappa shape index (κ2) is 9.67. The molecule has 1 N–H and O–H groups in total. The molecule has 1 heterocycles. The Morgan fingerprint density at radius 3 is 2.18 bits per heavy atom. The third kappa shape index (κ3) is 4.94. The number of nitrogens with one attached hydrogen (secondary N) is 1. The number of halogens is 2. The van der Waals surface area contributed by atoms with E-state index in [0.717, 1.165) is 17.3 Å². The number of thioether (sulfide) groups is 1. The van der Waals surface area contributed by atoms with Crippen molar-refractivity contribution >= 4 is 35.0 Å². The summed E-state index contributed by atoms with van der Waals surface area (Å²) in [4.78, 5) is 27.5. The van der Waals surface area contributed by atoms with Gasteiger partial charge < -0.3 is 5.32 Å². The van der Waals surface area contributed by atoms with Gasteiger partial charge in [0.1, 0.15) is 28.3 Å². The van der Waals surface area contributed by atoms with E-state index < -0.39 is 17.0 Å². The summed E-state index contributed by atoms with van der Waals surface area (Å²) in [6.07, 6.45) is 0.268. The van der Waals surface area contributed by atoms with Crippen molar-refractivity contribution in [2.75, 3.05) is 10.2 Å². The number of anilines is 2. The van der Waals surface area contributed by atoms with Gasteiger partial charge in [0.25, 0.3) is 5.91 Å². The lowest BCUT2D eigenvalue weighted by Crippen LogP contribution is -2.30. The molecule has 3 aromatic rings. The maximum Gasteiger partial charge on any atom is 0.269 e. The molecule has 0 aromatic heterocycles. The van der Waals surface area contributed by atoms with E-state index in [0.29, 0.717) is 11.4 Å². The normalized spacial score (nSPS) is 16.9. The Bertz CT molecular complexity index is 1250. The molecule has 0 unspecified atom stereocenters. The highest BCUT2D eigenvalue weighted by Crippen LogP contribution is 2.42. The van der Waals surface area contributed by atoms with Crippen LogP contribution in [0, 0.1) is 23.0 Å². The first kappa shape index (κ1) is 22.2. The predicted octanol–water partition coefficient (Wildman–Crippen LogP) is 5.03. The number of hydrogen-bond donors (Lipinski definition) is 1. The minimum absolute atomic E-state index is 0.162. The van der Waals surface area contributed by atoms with Crippen LogP contribution in [-0.2, 0) is 16.0 Å². The number of rotatable bonds is 5. The van der Waals surface area contributed by atoms with Gasteiger partial charge in [-0.3, -0.25) is 14.5 Å². The Morgan fingerprint density at radius 2 is 1.58 bits per heavy atom. The van der Waals surface area contributed by atoms with Gasteiger partial charge in [-0.15, -0.1) is 0 Å². The third-order valence-corrected chi connectivity index (χ3v) is 6.22. The number of carbonyl (C=O) groups excluding carboxylic acids is 2.